The quantitative estimate of drug-likeness (QED) is 0.470. The van der Waals surface area contributed by atoms with Crippen LogP contribution in [0, 0.1) is 20.8 Å². The van der Waals surface area contributed by atoms with Gasteiger partial charge in [0.1, 0.15) is 5.75 Å². The third-order valence-electron chi connectivity index (χ3n) is 5.83. The summed E-state index contributed by atoms with van der Waals surface area (Å²) in [5.74, 6) is 0.414. The molecule has 1 N–H and O–H groups in total. The summed E-state index contributed by atoms with van der Waals surface area (Å²) in [7, 11) is 1.57. The zero-order valence-corrected chi connectivity index (χ0v) is 18.7. The zero-order chi connectivity index (χ0) is 22.8. The molecule has 0 saturated carbocycles. The number of aromatic nitrogens is 1. The van der Waals surface area contributed by atoms with E-state index in [2.05, 4.69) is 4.98 Å². The van der Waals surface area contributed by atoms with Gasteiger partial charge in [-0.25, -0.2) is 0 Å². The standard InChI is InChI=1S/C27H26N2O3/c1-17-11-12-24-21(13-17)14-22(26(30)28-24)16-29(25-10-5-7-18(2)19(25)3)27(31)20-8-6-9-23(15-20)32-4/h5-15H,16H2,1-4H3,(H,28,30). The molecular formula is C27H26N2O3. The lowest BCUT2D eigenvalue weighted by molar-refractivity contribution is 0.0984. The first kappa shape index (κ1) is 21.4. The van der Waals surface area contributed by atoms with E-state index in [0.29, 0.717) is 16.9 Å². The molecule has 0 aliphatic rings. The van der Waals surface area contributed by atoms with Crippen LogP contribution in [0.5, 0.6) is 5.75 Å². The minimum absolute atomic E-state index is 0.152. The molecule has 0 aliphatic heterocycles. The van der Waals surface area contributed by atoms with E-state index in [1.807, 2.05) is 63.2 Å². The van der Waals surface area contributed by atoms with Gasteiger partial charge in [-0.1, -0.05) is 29.8 Å². The Hall–Kier alpha value is -3.86. The maximum atomic E-state index is 13.7. The van der Waals surface area contributed by atoms with Crippen LogP contribution in [0.3, 0.4) is 0 Å². The number of hydrogen-bond acceptors (Lipinski definition) is 3. The molecule has 1 aromatic heterocycles. The van der Waals surface area contributed by atoms with Crippen LogP contribution in [0.15, 0.2) is 71.5 Å². The summed E-state index contributed by atoms with van der Waals surface area (Å²) in [6.45, 7) is 6.17. The number of methoxy groups -OCH3 is 1. The lowest BCUT2D eigenvalue weighted by Gasteiger charge is -2.25. The number of nitrogens with one attached hydrogen (secondary N) is 1. The molecule has 0 fully saturated rings. The fourth-order valence-corrected chi connectivity index (χ4v) is 3.87. The average Bonchev–Trinajstić information content (AvgIpc) is 2.79. The van der Waals surface area contributed by atoms with E-state index in [9.17, 15) is 9.59 Å². The van der Waals surface area contributed by atoms with E-state index in [1.54, 1.807) is 36.3 Å². The number of amides is 1. The van der Waals surface area contributed by atoms with Crippen LogP contribution < -0.4 is 15.2 Å². The molecule has 1 heterocycles. The molecule has 162 valence electrons. The van der Waals surface area contributed by atoms with Crippen LogP contribution in [-0.2, 0) is 6.54 Å². The molecule has 32 heavy (non-hydrogen) atoms. The SMILES string of the molecule is COc1cccc(C(=O)N(Cc2cc3cc(C)ccc3[nH]c2=O)c2cccc(C)c2C)c1. The van der Waals surface area contributed by atoms with Crippen molar-refractivity contribution in [3.05, 3.63) is 105 Å². The number of carbonyl (C=O) groups is 1. The van der Waals surface area contributed by atoms with Gasteiger partial charge in [-0.2, -0.15) is 0 Å². The average molecular weight is 427 g/mol. The first-order chi connectivity index (χ1) is 15.4. The molecule has 0 saturated heterocycles. The maximum absolute atomic E-state index is 13.7. The second-order valence-corrected chi connectivity index (χ2v) is 8.06. The van der Waals surface area contributed by atoms with E-state index in [1.165, 1.54) is 0 Å². The molecule has 3 aromatic carbocycles. The predicted octanol–water partition coefficient (Wildman–Crippen LogP) is 5.31. The van der Waals surface area contributed by atoms with Crippen LogP contribution in [0.4, 0.5) is 5.69 Å². The molecule has 0 atom stereocenters. The number of anilines is 1. The van der Waals surface area contributed by atoms with E-state index in [0.717, 1.165) is 33.3 Å². The van der Waals surface area contributed by atoms with Crippen LogP contribution in [0.1, 0.15) is 32.6 Å². The Morgan fingerprint density at radius 3 is 2.53 bits per heavy atom. The van der Waals surface area contributed by atoms with E-state index < -0.39 is 0 Å². The summed E-state index contributed by atoms with van der Waals surface area (Å²) < 4.78 is 5.30. The van der Waals surface area contributed by atoms with Crippen LogP contribution in [-0.4, -0.2) is 18.0 Å². The number of H-pyrrole nitrogens is 1. The van der Waals surface area contributed by atoms with Gasteiger partial charge in [0.15, 0.2) is 0 Å². The van der Waals surface area contributed by atoms with Crippen molar-refractivity contribution in [2.75, 3.05) is 12.0 Å². The Labute approximate surface area is 187 Å². The number of rotatable bonds is 5. The van der Waals surface area contributed by atoms with E-state index >= 15 is 0 Å². The van der Waals surface area contributed by atoms with Gasteiger partial charge in [-0.3, -0.25) is 9.59 Å². The molecule has 0 bridgehead atoms. The summed E-state index contributed by atoms with van der Waals surface area (Å²) in [6.07, 6.45) is 0. The zero-order valence-electron chi connectivity index (χ0n) is 18.7. The normalized spacial score (nSPS) is 10.9. The third kappa shape index (κ3) is 4.14. The van der Waals surface area contributed by atoms with Crippen LogP contribution >= 0.6 is 0 Å². The number of benzene rings is 3. The minimum atomic E-state index is -0.199. The Morgan fingerprint density at radius 2 is 1.75 bits per heavy atom. The summed E-state index contributed by atoms with van der Waals surface area (Å²) in [6, 6.07) is 20.7. The summed E-state index contributed by atoms with van der Waals surface area (Å²) in [5, 5.41) is 0.939. The van der Waals surface area contributed by atoms with Gasteiger partial charge in [0.2, 0.25) is 0 Å². The molecule has 0 spiro atoms. The number of nitrogens with zero attached hydrogens (tertiary/aromatic N) is 1. The van der Waals surface area contributed by atoms with Crippen molar-refractivity contribution in [1.29, 1.82) is 0 Å². The number of pyridine rings is 1. The predicted molar refractivity (Wildman–Crippen MR) is 129 cm³/mol. The Kier molecular flexibility index (Phi) is 5.82. The lowest BCUT2D eigenvalue weighted by atomic mass is 10.0. The maximum Gasteiger partial charge on any atom is 0.258 e. The van der Waals surface area contributed by atoms with Crippen molar-refractivity contribution >= 4 is 22.5 Å². The fourth-order valence-electron chi connectivity index (χ4n) is 3.87. The Morgan fingerprint density at radius 1 is 0.969 bits per heavy atom. The van der Waals surface area contributed by atoms with Gasteiger partial charge in [0.05, 0.1) is 13.7 Å². The molecule has 4 aromatic rings. The Bertz CT molecular complexity index is 1370. The first-order valence-electron chi connectivity index (χ1n) is 10.5. The second-order valence-electron chi connectivity index (χ2n) is 8.06. The third-order valence-corrected chi connectivity index (χ3v) is 5.83. The fraction of sp³-hybridized carbons (Fsp3) is 0.185. The van der Waals surface area contributed by atoms with Crippen LogP contribution in [0.2, 0.25) is 0 Å². The van der Waals surface area contributed by atoms with E-state index in [-0.39, 0.29) is 18.0 Å². The van der Waals surface area contributed by atoms with Crippen molar-refractivity contribution in [3.8, 4) is 5.75 Å². The monoisotopic (exact) mass is 426 g/mol. The van der Waals surface area contributed by atoms with Crippen LogP contribution in [0.25, 0.3) is 10.9 Å². The topological polar surface area (TPSA) is 62.4 Å². The highest BCUT2D eigenvalue weighted by molar-refractivity contribution is 6.06. The highest BCUT2D eigenvalue weighted by atomic mass is 16.5. The highest BCUT2D eigenvalue weighted by Gasteiger charge is 2.22. The van der Waals surface area contributed by atoms with Gasteiger partial charge in [0.25, 0.3) is 11.5 Å². The van der Waals surface area contributed by atoms with Gasteiger partial charge in [-0.15, -0.1) is 0 Å². The first-order valence-corrected chi connectivity index (χ1v) is 10.5. The van der Waals surface area contributed by atoms with Crippen molar-refractivity contribution in [3.63, 3.8) is 0 Å². The largest absolute Gasteiger partial charge is 0.497 e. The molecule has 5 nitrogen and oxygen atoms in total. The minimum Gasteiger partial charge on any atom is -0.497 e. The molecule has 4 rings (SSSR count). The van der Waals surface area contributed by atoms with Gasteiger partial charge in [0, 0.05) is 22.3 Å². The number of ether oxygens (including phenoxy) is 1. The number of aryl methyl sites for hydroxylation is 2. The van der Waals surface area contributed by atoms with Gasteiger partial charge < -0.3 is 14.6 Å². The molecular weight excluding hydrogens is 400 g/mol. The number of fused-ring (bicyclic) bond motifs is 1. The summed E-state index contributed by atoms with van der Waals surface area (Å²) >= 11 is 0. The van der Waals surface area contributed by atoms with Crippen molar-refractivity contribution in [2.24, 2.45) is 0 Å². The van der Waals surface area contributed by atoms with Crippen molar-refractivity contribution in [1.82, 2.24) is 4.98 Å². The molecule has 5 heteroatoms. The summed E-state index contributed by atoms with van der Waals surface area (Å²) in [4.78, 5) is 31.2. The molecule has 0 unspecified atom stereocenters. The van der Waals surface area contributed by atoms with Crippen molar-refractivity contribution < 1.29 is 9.53 Å². The van der Waals surface area contributed by atoms with Gasteiger partial charge in [-0.05, 0) is 79.7 Å². The molecule has 1 amide bonds. The second kappa shape index (κ2) is 8.71. The van der Waals surface area contributed by atoms with Gasteiger partial charge >= 0.3 is 0 Å². The molecule has 0 radical (unpaired) electrons. The Balaban J connectivity index is 1.83. The number of aromatic amines is 1. The number of carbonyl (C=O) groups excluding carboxylic acids is 1. The van der Waals surface area contributed by atoms with E-state index in [4.69, 9.17) is 4.74 Å². The smallest absolute Gasteiger partial charge is 0.258 e. The summed E-state index contributed by atoms with van der Waals surface area (Å²) in [5.41, 5.74) is 5.57. The van der Waals surface area contributed by atoms with Crippen molar-refractivity contribution in [2.45, 2.75) is 27.3 Å². The number of hydrogen-bond donors (Lipinski definition) is 1. The lowest BCUT2D eigenvalue weighted by Crippen LogP contribution is -2.33. The molecule has 0 aliphatic carbocycles. The highest BCUT2D eigenvalue weighted by Crippen LogP contribution is 2.27.